The number of benzene rings is 2. The number of rotatable bonds is 7. The topological polar surface area (TPSA) is 21.3 Å². The van der Waals surface area contributed by atoms with Crippen LogP contribution in [-0.4, -0.2) is 6.04 Å². The number of nitrogens with one attached hydrogen (secondary N) is 1. The molecule has 0 heterocycles. The van der Waals surface area contributed by atoms with Crippen molar-refractivity contribution in [1.29, 1.82) is 0 Å². The first-order valence-electron chi connectivity index (χ1n) is 7.43. The summed E-state index contributed by atoms with van der Waals surface area (Å²) in [6.45, 7) is 2.25. The minimum absolute atomic E-state index is 0.643. The normalized spacial score (nSPS) is 14.3. The van der Waals surface area contributed by atoms with E-state index >= 15 is 0 Å². The fourth-order valence-corrected chi connectivity index (χ4v) is 2.76. The van der Waals surface area contributed by atoms with Gasteiger partial charge in [-0.3, -0.25) is 0 Å². The van der Waals surface area contributed by atoms with Crippen molar-refractivity contribution in [2.24, 2.45) is 0 Å². The van der Waals surface area contributed by atoms with E-state index < -0.39 is 0 Å². The molecular formula is C18H20BrNO. The lowest BCUT2D eigenvalue weighted by atomic mass is 10.1. The molecule has 1 saturated carbocycles. The number of halogens is 1. The summed E-state index contributed by atoms with van der Waals surface area (Å²) in [5.74, 6) is 0. The maximum atomic E-state index is 5.88. The predicted octanol–water partition coefficient (Wildman–Crippen LogP) is 4.42. The summed E-state index contributed by atoms with van der Waals surface area (Å²) in [5.41, 5.74) is 3.82. The van der Waals surface area contributed by atoms with E-state index in [0.29, 0.717) is 13.2 Å². The van der Waals surface area contributed by atoms with Gasteiger partial charge in [0.25, 0.3) is 0 Å². The van der Waals surface area contributed by atoms with Crippen LogP contribution in [0.25, 0.3) is 0 Å². The Morgan fingerprint density at radius 2 is 1.81 bits per heavy atom. The number of hydrogen-bond acceptors (Lipinski definition) is 2. The van der Waals surface area contributed by atoms with Crippen molar-refractivity contribution >= 4 is 15.9 Å². The Morgan fingerprint density at radius 1 is 1.00 bits per heavy atom. The highest BCUT2D eigenvalue weighted by molar-refractivity contribution is 9.10. The molecule has 1 N–H and O–H groups in total. The van der Waals surface area contributed by atoms with Gasteiger partial charge >= 0.3 is 0 Å². The van der Waals surface area contributed by atoms with E-state index in [2.05, 4.69) is 57.6 Å². The van der Waals surface area contributed by atoms with Crippen molar-refractivity contribution in [3.63, 3.8) is 0 Å². The Hall–Kier alpha value is -1.16. The van der Waals surface area contributed by atoms with Crippen molar-refractivity contribution in [3.05, 3.63) is 69.7 Å². The van der Waals surface area contributed by atoms with E-state index in [1.807, 2.05) is 12.1 Å². The molecule has 0 amide bonds. The lowest BCUT2D eigenvalue weighted by molar-refractivity contribution is 0.106. The molecule has 3 heteroatoms. The molecule has 0 aliphatic heterocycles. The first-order valence-corrected chi connectivity index (χ1v) is 8.23. The molecule has 110 valence electrons. The highest BCUT2D eigenvalue weighted by atomic mass is 79.9. The van der Waals surface area contributed by atoms with Crippen molar-refractivity contribution in [3.8, 4) is 0 Å². The molecule has 2 aromatic rings. The van der Waals surface area contributed by atoms with Crippen LogP contribution in [0.3, 0.4) is 0 Å². The Kier molecular flexibility index (Phi) is 5.07. The predicted molar refractivity (Wildman–Crippen MR) is 88.9 cm³/mol. The molecule has 0 bridgehead atoms. The van der Waals surface area contributed by atoms with E-state index in [1.165, 1.54) is 29.5 Å². The van der Waals surface area contributed by atoms with E-state index in [9.17, 15) is 0 Å². The lowest BCUT2D eigenvalue weighted by Crippen LogP contribution is -2.16. The second kappa shape index (κ2) is 7.21. The molecule has 0 radical (unpaired) electrons. The minimum atomic E-state index is 0.643. The van der Waals surface area contributed by atoms with Gasteiger partial charge in [-0.15, -0.1) is 0 Å². The van der Waals surface area contributed by atoms with Crippen LogP contribution in [-0.2, 0) is 24.5 Å². The first-order chi connectivity index (χ1) is 10.3. The van der Waals surface area contributed by atoms with Crippen LogP contribution in [0, 0.1) is 0 Å². The summed E-state index contributed by atoms with van der Waals surface area (Å²) < 4.78 is 6.97. The molecule has 1 fully saturated rings. The van der Waals surface area contributed by atoms with Crippen molar-refractivity contribution in [2.75, 3.05) is 0 Å². The first kappa shape index (κ1) is 14.8. The van der Waals surface area contributed by atoms with Gasteiger partial charge < -0.3 is 10.1 Å². The Balaban J connectivity index is 1.54. The molecule has 1 aliphatic rings. The highest BCUT2D eigenvalue weighted by Crippen LogP contribution is 2.20. The molecule has 0 aromatic heterocycles. The second-order valence-corrected chi connectivity index (χ2v) is 6.46. The van der Waals surface area contributed by atoms with Gasteiger partial charge in [0.1, 0.15) is 0 Å². The van der Waals surface area contributed by atoms with Gasteiger partial charge in [0, 0.05) is 17.1 Å². The Bertz CT molecular complexity index is 595. The molecule has 0 saturated heterocycles. The van der Waals surface area contributed by atoms with E-state index in [0.717, 1.165) is 17.1 Å². The van der Waals surface area contributed by atoms with Gasteiger partial charge in [-0.05, 0) is 41.7 Å². The fraction of sp³-hybridized carbons (Fsp3) is 0.333. The zero-order valence-electron chi connectivity index (χ0n) is 12.0. The van der Waals surface area contributed by atoms with Gasteiger partial charge in [-0.1, -0.05) is 52.3 Å². The Morgan fingerprint density at radius 3 is 2.57 bits per heavy atom. The van der Waals surface area contributed by atoms with Crippen LogP contribution >= 0.6 is 15.9 Å². The average molecular weight is 346 g/mol. The summed E-state index contributed by atoms with van der Waals surface area (Å²) in [7, 11) is 0. The van der Waals surface area contributed by atoms with E-state index in [4.69, 9.17) is 4.74 Å². The summed E-state index contributed by atoms with van der Waals surface area (Å²) in [4.78, 5) is 0. The maximum absolute atomic E-state index is 5.88. The molecule has 2 aromatic carbocycles. The SMILES string of the molecule is Brc1cccc(COCc2ccccc2CNC2CC2)c1. The van der Waals surface area contributed by atoms with Crippen LogP contribution in [0.5, 0.6) is 0 Å². The molecule has 2 nitrogen and oxygen atoms in total. The second-order valence-electron chi connectivity index (χ2n) is 5.55. The maximum Gasteiger partial charge on any atom is 0.0724 e. The zero-order chi connectivity index (χ0) is 14.5. The standard InChI is InChI=1S/C18H20BrNO/c19-17-7-3-4-14(10-17)12-21-13-16-6-2-1-5-15(16)11-20-18-8-9-18/h1-7,10,18,20H,8-9,11-13H2. The zero-order valence-corrected chi connectivity index (χ0v) is 13.6. The van der Waals surface area contributed by atoms with Crippen molar-refractivity contribution in [2.45, 2.75) is 38.6 Å². The largest absolute Gasteiger partial charge is 0.372 e. The van der Waals surface area contributed by atoms with Gasteiger partial charge in [0.05, 0.1) is 13.2 Å². The summed E-state index contributed by atoms with van der Waals surface area (Å²) >= 11 is 3.49. The summed E-state index contributed by atoms with van der Waals surface area (Å²) in [6, 6.07) is 17.5. The van der Waals surface area contributed by atoms with Crippen molar-refractivity contribution < 1.29 is 4.74 Å². The monoisotopic (exact) mass is 345 g/mol. The van der Waals surface area contributed by atoms with E-state index in [1.54, 1.807) is 0 Å². The molecule has 3 rings (SSSR count). The minimum Gasteiger partial charge on any atom is -0.372 e. The van der Waals surface area contributed by atoms with Gasteiger partial charge in [-0.25, -0.2) is 0 Å². The van der Waals surface area contributed by atoms with Gasteiger partial charge in [0.15, 0.2) is 0 Å². The van der Waals surface area contributed by atoms with Gasteiger partial charge in [0.2, 0.25) is 0 Å². The highest BCUT2D eigenvalue weighted by Gasteiger charge is 2.20. The smallest absolute Gasteiger partial charge is 0.0724 e. The summed E-state index contributed by atoms with van der Waals surface area (Å²) in [5, 5.41) is 3.57. The molecule has 0 atom stereocenters. The third kappa shape index (κ3) is 4.67. The quantitative estimate of drug-likeness (QED) is 0.801. The number of ether oxygens (including phenoxy) is 1. The molecular weight excluding hydrogens is 326 g/mol. The molecule has 0 spiro atoms. The van der Waals surface area contributed by atoms with Crippen LogP contribution in [0.2, 0.25) is 0 Å². The number of hydrogen-bond donors (Lipinski definition) is 1. The van der Waals surface area contributed by atoms with E-state index in [-0.39, 0.29) is 0 Å². The van der Waals surface area contributed by atoms with Crippen LogP contribution < -0.4 is 5.32 Å². The van der Waals surface area contributed by atoms with Crippen LogP contribution in [0.4, 0.5) is 0 Å². The third-order valence-electron chi connectivity index (χ3n) is 3.69. The lowest BCUT2D eigenvalue weighted by Gasteiger charge is -2.11. The average Bonchev–Trinajstić information content (AvgIpc) is 3.31. The fourth-order valence-electron chi connectivity index (χ4n) is 2.32. The van der Waals surface area contributed by atoms with Crippen LogP contribution in [0.1, 0.15) is 29.5 Å². The third-order valence-corrected chi connectivity index (χ3v) is 4.19. The summed E-state index contributed by atoms with van der Waals surface area (Å²) in [6.07, 6.45) is 2.64. The molecule has 1 aliphatic carbocycles. The van der Waals surface area contributed by atoms with Gasteiger partial charge in [-0.2, -0.15) is 0 Å². The molecule has 0 unspecified atom stereocenters. The van der Waals surface area contributed by atoms with Crippen LogP contribution in [0.15, 0.2) is 53.0 Å². The van der Waals surface area contributed by atoms with Crippen molar-refractivity contribution in [1.82, 2.24) is 5.32 Å². The Labute approximate surface area is 134 Å². The molecule has 21 heavy (non-hydrogen) atoms.